The molecule has 1 aromatic carbocycles. The van der Waals surface area contributed by atoms with Gasteiger partial charge < -0.3 is 10.6 Å². The molecule has 0 saturated heterocycles. The van der Waals surface area contributed by atoms with E-state index >= 15 is 0 Å². The first-order chi connectivity index (χ1) is 8.06. The van der Waals surface area contributed by atoms with E-state index < -0.39 is 0 Å². The molecule has 1 aliphatic rings. The highest BCUT2D eigenvalue weighted by Crippen LogP contribution is 2.32. The van der Waals surface area contributed by atoms with E-state index in [9.17, 15) is 4.79 Å². The molecule has 3 nitrogen and oxygen atoms in total. The van der Waals surface area contributed by atoms with E-state index in [-0.39, 0.29) is 11.3 Å². The van der Waals surface area contributed by atoms with E-state index in [1.165, 1.54) is 5.56 Å². The summed E-state index contributed by atoms with van der Waals surface area (Å²) in [6, 6.07) is 8.13. The summed E-state index contributed by atoms with van der Waals surface area (Å²) in [5.41, 5.74) is 7.55. The number of amides is 1. The molecule has 1 aliphatic heterocycles. The van der Waals surface area contributed by atoms with Crippen LogP contribution < -0.4 is 10.6 Å². The lowest BCUT2D eigenvalue weighted by atomic mass is 9.87. The molecule has 1 amide bonds. The van der Waals surface area contributed by atoms with Gasteiger partial charge in [-0.15, -0.1) is 0 Å². The molecule has 2 rings (SSSR count). The number of anilines is 1. The quantitative estimate of drug-likeness (QED) is 0.865. The number of hydrogen-bond acceptors (Lipinski definition) is 2. The van der Waals surface area contributed by atoms with Crippen molar-refractivity contribution in [3.8, 4) is 0 Å². The Labute approximate surface area is 103 Å². The first kappa shape index (κ1) is 12.1. The standard InChI is InChI=1S/C14H20N2O/c1-14(2,8-9-15)13(17)16-10-7-11-5-3-4-6-12(11)16/h3-6H,7-10,15H2,1-2H3. The van der Waals surface area contributed by atoms with E-state index in [4.69, 9.17) is 5.73 Å². The molecule has 1 aromatic rings. The lowest BCUT2D eigenvalue weighted by molar-refractivity contribution is -0.126. The van der Waals surface area contributed by atoms with Gasteiger partial charge in [0, 0.05) is 17.6 Å². The Morgan fingerprint density at radius 3 is 2.82 bits per heavy atom. The van der Waals surface area contributed by atoms with Crippen LogP contribution >= 0.6 is 0 Å². The predicted octanol–water partition coefficient (Wildman–Crippen LogP) is 1.95. The number of nitrogens with zero attached hydrogens (tertiary/aromatic N) is 1. The molecule has 0 saturated carbocycles. The van der Waals surface area contributed by atoms with E-state index in [1.807, 2.05) is 36.9 Å². The van der Waals surface area contributed by atoms with Crippen molar-refractivity contribution < 1.29 is 4.79 Å². The van der Waals surface area contributed by atoms with Gasteiger partial charge in [0.1, 0.15) is 0 Å². The zero-order valence-electron chi connectivity index (χ0n) is 10.6. The van der Waals surface area contributed by atoms with Crippen molar-refractivity contribution in [3.05, 3.63) is 29.8 Å². The fourth-order valence-electron chi connectivity index (χ4n) is 2.38. The van der Waals surface area contributed by atoms with Crippen LogP contribution in [0.3, 0.4) is 0 Å². The number of nitrogens with two attached hydrogens (primary N) is 1. The summed E-state index contributed by atoms with van der Waals surface area (Å²) in [4.78, 5) is 14.4. The molecular weight excluding hydrogens is 212 g/mol. The van der Waals surface area contributed by atoms with Gasteiger partial charge in [-0.05, 0) is 31.0 Å². The summed E-state index contributed by atoms with van der Waals surface area (Å²) < 4.78 is 0. The summed E-state index contributed by atoms with van der Waals surface area (Å²) in [7, 11) is 0. The van der Waals surface area contributed by atoms with Crippen LogP contribution in [0.1, 0.15) is 25.8 Å². The third-order valence-corrected chi connectivity index (χ3v) is 3.48. The Kier molecular flexibility index (Phi) is 3.20. The van der Waals surface area contributed by atoms with Gasteiger partial charge in [-0.3, -0.25) is 4.79 Å². The fraction of sp³-hybridized carbons (Fsp3) is 0.500. The largest absolute Gasteiger partial charge is 0.330 e. The summed E-state index contributed by atoms with van der Waals surface area (Å²) in [6.45, 7) is 5.30. The van der Waals surface area contributed by atoms with Crippen molar-refractivity contribution in [1.82, 2.24) is 0 Å². The normalized spacial score (nSPS) is 14.9. The highest BCUT2D eigenvalue weighted by atomic mass is 16.2. The molecule has 0 radical (unpaired) electrons. The summed E-state index contributed by atoms with van der Waals surface area (Å²) in [6.07, 6.45) is 1.69. The molecule has 3 heteroatoms. The minimum atomic E-state index is -0.369. The summed E-state index contributed by atoms with van der Waals surface area (Å²) in [5.74, 6) is 0.188. The molecule has 92 valence electrons. The molecule has 0 fully saturated rings. The second-order valence-corrected chi connectivity index (χ2v) is 5.26. The minimum absolute atomic E-state index is 0.188. The second-order valence-electron chi connectivity index (χ2n) is 5.26. The van der Waals surface area contributed by atoms with E-state index in [1.54, 1.807) is 0 Å². The van der Waals surface area contributed by atoms with Gasteiger partial charge in [0.05, 0.1) is 0 Å². The number of carbonyl (C=O) groups is 1. The van der Waals surface area contributed by atoms with Crippen molar-refractivity contribution in [1.29, 1.82) is 0 Å². The maximum absolute atomic E-state index is 12.5. The first-order valence-electron chi connectivity index (χ1n) is 6.16. The van der Waals surface area contributed by atoms with E-state index in [2.05, 4.69) is 6.07 Å². The molecule has 1 heterocycles. The SMILES string of the molecule is CC(C)(CCN)C(=O)N1CCc2ccccc21. The molecule has 0 atom stereocenters. The van der Waals surface area contributed by atoms with Gasteiger partial charge in [-0.25, -0.2) is 0 Å². The van der Waals surface area contributed by atoms with Crippen LogP contribution in [0, 0.1) is 5.41 Å². The molecule has 2 N–H and O–H groups in total. The number of fused-ring (bicyclic) bond motifs is 1. The Hall–Kier alpha value is -1.35. The fourth-order valence-corrected chi connectivity index (χ4v) is 2.38. The molecule has 17 heavy (non-hydrogen) atoms. The molecule has 0 unspecified atom stereocenters. The number of para-hydroxylation sites is 1. The topological polar surface area (TPSA) is 46.3 Å². The average molecular weight is 232 g/mol. The van der Waals surface area contributed by atoms with Gasteiger partial charge in [0.25, 0.3) is 0 Å². The number of carbonyl (C=O) groups excluding carboxylic acids is 1. The van der Waals surface area contributed by atoms with Gasteiger partial charge in [0.15, 0.2) is 0 Å². The summed E-state index contributed by atoms with van der Waals surface area (Å²) >= 11 is 0. The van der Waals surface area contributed by atoms with E-state index in [0.717, 1.165) is 25.1 Å². The highest BCUT2D eigenvalue weighted by molar-refractivity contribution is 5.98. The van der Waals surface area contributed by atoms with Crippen LogP contribution in [-0.4, -0.2) is 19.0 Å². The van der Waals surface area contributed by atoms with Gasteiger partial charge in [-0.2, -0.15) is 0 Å². The lowest BCUT2D eigenvalue weighted by Gasteiger charge is -2.29. The molecule has 0 spiro atoms. The summed E-state index contributed by atoms with van der Waals surface area (Å²) in [5, 5.41) is 0. The smallest absolute Gasteiger partial charge is 0.232 e. The Morgan fingerprint density at radius 1 is 1.41 bits per heavy atom. The molecule has 0 bridgehead atoms. The number of rotatable bonds is 3. The number of benzene rings is 1. The molecule has 0 aromatic heterocycles. The van der Waals surface area contributed by atoms with Crippen molar-refractivity contribution in [3.63, 3.8) is 0 Å². The van der Waals surface area contributed by atoms with Crippen LogP contribution in [0.5, 0.6) is 0 Å². The molecule has 0 aliphatic carbocycles. The maximum atomic E-state index is 12.5. The monoisotopic (exact) mass is 232 g/mol. The van der Waals surface area contributed by atoms with Crippen LogP contribution in [-0.2, 0) is 11.2 Å². The first-order valence-corrected chi connectivity index (χ1v) is 6.16. The molecular formula is C14H20N2O. The van der Waals surface area contributed by atoms with Gasteiger partial charge >= 0.3 is 0 Å². The van der Waals surface area contributed by atoms with Crippen molar-refractivity contribution in [2.24, 2.45) is 11.1 Å². The van der Waals surface area contributed by atoms with Gasteiger partial charge in [0.2, 0.25) is 5.91 Å². The van der Waals surface area contributed by atoms with Crippen LogP contribution in [0.4, 0.5) is 5.69 Å². The average Bonchev–Trinajstić information content (AvgIpc) is 2.71. The number of hydrogen-bond donors (Lipinski definition) is 1. The lowest BCUT2D eigenvalue weighted by Crippen LogP contribution is -2.41. The van der Waals surface area contributed by atoms with Crippen molar-refractivity contribution in [2.75, 3.05) is 18.0 Å². The van der Waals surface area contributed by atoms with Gasteiger partial charge in [-0.1, -0.05) is 32.0 Å². The van der Waals surface area contributed by atoms with Crippen molar-refractivity contribution in [2.45, 2.75) is 26.7 Å². The zero-order chi connectivity index (χ0) is 12.5. The van der Waals surface area contributed by atoms with Crippen LogP contribution in [0.15, 0.2) is 24.3 Å². The van der Waals surface area contributed by atoms with Crippen LogP contribution in [0.25, 0.3) is 0 Å². The third kappa shape index (κ3) is 2.20. The second kappa shape index (κ2) is 4.49. The van der Waals surface area contributed by atoms with E-state index in [0.29, 0.717) is 6.54 Å². The third-order valence-electron chi connectivity index (χ3n) is 3.48. The Morgan fingerprint density at radius 2 is 2.12 bits per heavy atom. The Balaban J connectivity index is 2.23. The maximum Gasteiger partial charge on any atom is 0.232 e. The van der Waals surface area contributed by atoms with Crippen LogP contribution in [0.2, 0.25) is 0 Å². The highest BCUT2D eigenvalue weighted by Gasteiger charge is 2.34. The van der Waals surface area contributed by atoms with Crippen molar-refractivity contribution >= 4 is 11.6 Å². The Bertz CT molecular complexity index is 426. The zero-order valence-corrected chi connectivity index (χ0v) is 10.6. The minimum Gasteiger partial charge on any atom is -0.330 e. The predicted molar refractivity (Wildman–Crippen MR) is 70.0 cm³/mol.